The molecule has 0 amide bonds. The van der Waals surface area contributed by atoms with Crippen LogP contribution in [0.3, 0.4) is 0 Å². The molecule has 1 fully saturated rings. The molecule has 0 aromatic carbocycles. The number of aliphatic hydroxyl groups is 1. The van der Waals surface area contributed by atoms with Crippen LogP contribution in [-0.4, -0.2) is 33.2 Å². The van der Waals surface area contributed by atoms with Crippen LogP contribution in [0.1, 0.15) is 45.4 Å². The van der Waals surface area contributed by atoms with Crippen molar-refractivity contribution in [1.82, 2.24) is 0 Å². The van der Waals surface area contributed by atoms with Crippen LogP contribution in [0.25, 0.3) is 0 Å². The minimum absolute atomic E-state index is 0.0959. The first-order chi connectivity index (χ1) is 8.29. The van der Waals surface area contributed by atoms with Crippen molar-refractivity contribution in [2.45, 2.75) is 62.1 Å². The lowest BCUT2D eigenvalue weighted by Gasteiger charge is -2.33. The maximum absolute atomic E-state index is 10.3. The standard InChI is InChI=1S/C14H26OS2/c1-3-5-6-7-8-9-12(15)14-13(4-2)16-10-11-17-14/h3,12-15H,1,4-11H2,2H3. The van der Waals surface area contributed by atoms with E-state index in [1.54, 1.807) is 0 Å². The summed E-state index contributed by atoms with van der Waals surface area (Å²) in [4.78, 5) is 0. The van der Waals surface area contributed by atoms with E-state index in [0.717, 1.165) is 19.3 Å². The minimum atomic E-state index is -0.0959. The summed E-state index contributed by atoms with van der Waals surface area (Å²) >= 11 is 4.04. The number of unbranched alkanes of at least 4 members (excludes halogenated alkanes) is 3. The van der Waals surface area contributed by atoms with Crippen molar-refractivity contribution < 1.29 is 5.11 Å². The van der Waals surface area contributed by atoms with E-state index < -0.39 is 0 Å². The Bertz CT molecular complexity index is 208. The molecule has 1 aliphatic heterocycles. The minimum Gasteiger partial charge on any atom is -0.392 e. The summed E-state index contributed by atoms with van der Waals surface area (Å²) in [6.45, 7) is 5.98. The van der Waals surface area contributed by atoms with Crippen molar-refractivity contribution >= 4 is 23.5 Å². The Kier molecular flexibility index (Phi) is 8.50. The molecule has 1 aliphatic rings. The van der Waals surface area contributed by atoms with E-state index in [2.05, 4.69) is 25.3 Å². The Morgan fingerprint density at radius 2 is 2.06 bits per heavy atom. The van der Waals surface area contributed by atoms with Gasteiger partial charge < -0.3 is 5.11 Å². The molecule has 0 aromatic heterocycles. The highest BCUT2D eigenvalue weighted by molar-refractivity contribution is 8.07. The number of thioether (sulfide) groups is 2. The second-order valence-electron chi connectivity index (χ2n) is 4.65. The quantitative estimate of drug-likeness (QED) is 0.531. The number of rotatable bonds is 8. The van der Waals surface area contributed by atoms with Crippen LogP contribution in [0.5, 0.6) is 0 Å². The molecule has 0 aromatic rings. The van der Waals surface area contributed by atoms with Gasteiger partial charge >= 0.3 is 0 Å². The number of hydrogen-bond acceptors (Lipinski definition) is 3. The van der Waals surface area contributed by atoms with Gasteiger partial charge in [0.2, 0.25) is 0 Å². The van der Waals surface area contributed by atoms with Crippen molar-refractivity contribution in [3.63, 3.8) is 0 Å². The summed E-state index contributed by atoms with van der Waals surface area (Å²) in [5.41, 5.74) is 0. The van der Waals surface area contributed by atoms with Crippen LogP contribution in [0.2, 0.25) is 0 Å². The fourth-order valence-corrected chi connectivity index (χ4v) is 5.47. The maximum atomic E-state index is 10.3. The van der Waals surface area contributed by atoms with Gasteiger partial charge in [-0.25, -0.2) is 0 Å². The molecule has 17 heavy (non-hydrogen) atoms. The molecule has 1 heterocycles. The van der Waals surface area contributed by atoms with Gasteiger partial charge in [-0.3, -0.25) is 0 Å². The smallest absolute Gasteiger partial charge is 0.0669 e. The van der Waals surface area contributed by atoms with Crippen LogP contribution in [0.15, 0.2) is 12.7 Å². The maximum Gasteiger partial charge on any atom is 0.0669 e. The molecular weight excluding hydrogens is 248 g/mol. The Morgan fingerprint density at radius 3 is 2.76 bits per heavy atom. The van der Waals surface area contributed by atoms with Crippen molar-refractivity contribution in [2.75, 3.05) is 11.5 Å². The molecule has 100 valence electrons. The molecule has 1 N–H and O–H groups in total. The third-order valence-electron chi connectivity index (χ3n) is 3.28. The van der Waals surface area contributed by atoms with Gasteiger partial charge in [0.15, 0.2) is 0 Å². The predicted molar refractivity (Wildman–Crippen MR) is 82.1 cm³/mol. The zero-order valence-electron chi connectivity index (χ0n) is 10.9. The van der Waals surface area contributed by atoms with Crippen LogP contribution in [-0.2, 0) is 0 Å². The van der Waals surface area contributed by atoms with Crippen LogP contribution >= 0.6 is 23.5 Å². The molecule has 0 radical (unpaired) electrons. The Morgan fingerprint density at radius 1 is 1.29 bits per heavy atom. The summed E-state index contributed by atoms with van der Waals surface area (Å²) < 4.78 is 0. The SMILES string of the molecule is C=CCCCCCC(O)C1SCCSC1CC. The largest absolute Gasteiger partial charge is 0.392 e. The lowest BCUT2D eigenvalue weighted by Crippen LogP contribution is -2.36. The van der Waals surface area contributed by atoms with Crippen molar-refractivity contribution in [1.29, 1.82) is 0 Å². The first-order valence-corrected chi connectivity index (χ1v) is 8.91. The van der Waals surface area contributed by atoms with Crippen molar-refractivity contribution in [3.05, 3.63) is 12.7 Å². The number of hydrogen-bond donors (Lipinski definition) is 1. The first kappa shape index (κ1) is 15.5. The molecule has 1 nitrogen and oxygen atoms in total. The Labute approximate surface area is 115 Å². The van der Waals surface area contributed by atoms with Crippen LogP contribution in [0, 0.1) is 0 Å². The summed E-state index contributed by atoms with van der Waals surface area (Å²) in [6.07, 6.45) is 8.78. The highest BCUT2D eigenvalue weighted by atomic mass is 32.2. The molecule has 3 atom stereocenters. The third-order valence-corrected chi connectivity index (χ3v) is 6.67. The lowest BCUT2D eigenvalue weighted by molar-refractivity contribution is 0.155. The van der Waals surface area contributed by atoms with Gasteiger partial charge in [-0.05, 0) is 25.7 Å². The second-order valence-corrected chi connectivity index (χ2v) is 7.28. The highest BCUT2D eigenvalue weighted by Gasteiger charge is 2.30. The zero-order chi connectivity index (χ0) is 12.5. The van der Waals surface area contributed by atoms with Crippen LogP contribution < -0.4 is 0 Å². The van der Waals surface area contributed by atoms with Gasteiger partial charge in [-0.15, -0.1) is 6.58 Å². The zero-order valence-corrected chi connectivity index (χ0v) is 12.6. The average Bonchev–Trinajstić information content (AvgIpc) is 2.38. The summed E-state index contributed by atoms with van der Waals surface area (Å²) in [6, 6.07) is 0. The van der Waals surface area contributed by atoms with E-state index in [0.29, 0.717) is 10.5 Å². The van der Waals surface area contributed by atoms with E-state index in [1.807, 2.05) is 17.8 Å². The van der Waals surface area contributed by atoms with Gasteiger partial charge in [-0.2, -0.15) is 23.5 Å². The van der Waals surface area contributed by atoms with E-state index >= 15 is 0 Å². The molecule has 1 saturated heterocycles. The van der Waals surface area contributed by atoms with Gasteiger partial charge in [0.25, 0.3) is 0 Å². The van der Waals surface area contributed by atoms with E-state index in [4.69, 9.17) is 0 Å². The van der Waals surface area contributed by atoms with Gasteiger partial charge in [0, 0.05) is 22.0 Å². The fourth-order valence-electron chi connectivity index (χ4n) is 2.28. The van der Waals surface area contributed by atoms with Crippen molar-refractivity contribution in [3.8, 4) is 0 Å². The Hall–Kier alpha value is 0.400. The molecule has 0 aliphatic carbocycles. The number of allylic oxidation sites excluding steroid dienone is 1. The van der Waals surface area contributed by atoms with Gasteiger partial charge in [-0.1, -0.05) is 25.8 Å². The fraction of sp³-hybridized carbons (Fsp3) is 0.857. The molecule has 3 heteroatoms. The third kappa shape index (κ3) is 5.71. The van der Waals surface area contributed by atoms with Gasteiger partial charge in [0.05, 0.1) is 6.10 Å². The first-order valence-electron chi connectivity index (χ1n) is 6.81. The highest BCUT2D eigenvalue weighted by Crippen LogP contribution is 2.36. The Balaban J connectivity index is 2.20. The summed E-state index contributed by atoms with van der Waals surface area (Å²) in [5, 5.41) is 11.4. The predicted octanol–water partition coefficient (Wildman–Crippen LogP) is 4.11. The van der Waals surface area contributed by atoms with Crippen LogP contribution in [0.4, 0.5) is 0 Å². The lowest BCUT2D eigenvalue weighted by atomic mass is 10.0. The molecule has 1 rings (SSSR count). The second kappa shape index (κ2) is 9.35. The summed E-state index contributed by atoms with van der Waals surface area (Å²) in [7, 11) is 0. The van der Waals surface area contributed by atoms with E-state index in [-0.39, 0.29) is 6.10 Å². The molecule has 0 bridgehead atoms. The van der Waals surface area contributed by atoms with Crippen molar-refractivity contribution in [2.24, 2.45) is 0 Å². The van der Waals surface area contributed by atoms with Gasteiger partial charge in [0.1, 0.15) is 0 Å². The van der Waals surface area contributed by atoms with E-state index in [1.165, 1.54) is 30.8 Å². The average molecular weight is 274 g/mol. The molecule has 3 unspecified atom stereocenters. The topological polar surface area (TPSA) is 20.2 Å². The van der Waals surface area contributed by atoms with E-state index in [9.17, 15) is 5.11 Å². The normalized spacial score (nSPS) is 26.7. The number of aliphatic hydroxyl groups excluding tert-OH is 1. The molecule has 0 spiro atoms. The summed E-state index contributed by atoms with van der Waals surface area (Å²) in [5.74, 6) is 2.46. The molecular formula is C14H26OS2. The monoisotopic (exact) mass is 274 g/mol. The molecule has 0 saturated carbocycles.